The van der Waals surface area contributed by atoms with Crippen LogP contribution in [0, 0.1) is 24.2 Å². The van der Waals surface area contributed by atoms with Crippen molar-refractivity contribution < 1.29 is 13.9 Å². The molecule has 0 aromatic carbocycles. The van der Waals surface area contributed by atoms with Crippen LogP contribution in [0.2, 0.25) is 0 Å². The van der Waals surface area contributed by atoms with Gasteiger partial charge in [-0.15, -0.1) is 11.3 Å². The van der Waals surface area contributed by atoms with Crippen LogP contribution in [0.1, 0.15) is 41.3 Å². The van der Waals surface area contributed by atoms with Crippen LogP contribution in [0.5, 0.6) is 5.88 Å². The first-order chi connectivity index (χ1) is 15.0. The molecule has 158 valence electrons. The molecule has 0 N–H and O–H groups in total. The largest absolute Gasteiger partial charge is 0.472 e. The fraction of sp³-hybridized carbons (Fsp3) is 0.318. The standard InChI is InChI=1S/C22H20FN5O2S/c1-13-3-4-16(30-21-14(2)15(8-24)5-6-26-21)11-28(13)22(29)17-7-20(23)27-9-18(17)19-10-25-12-31-19/h5-7,9-10,12-13,16H,3-4,11H2,1-2H3/t13-,16-/m1/s1. The Kier molecular flexibility index (Phi) is 5.91. The molecular weight excluding hydrogens is 417 g/mol. The lowest BCUT2D eigenvalue weighted by atomic mass is 9.98. The Bertz CT molecular complexity index is 1150. The van der Waals surface area contributed by atoms with Crippen LogP contribution in [0.15, 0.2) is 36.2 Å². The maximum absolute atomic E-state index is 13.9. The lowest BCUT2D eigenvalue weighted by molar-refractivity contribution is 0.0371. The highest BCUT2D eigenvalue weighted by Crippen LogP contribution is 2.30. The highest BCUT2D eigenvalue weighted by molar-refractivity contribution is 7.13. The van der Waals surface area contributed by atoms with E-state index in [1.165, 1.54) is 29.8 Å². The summed E-state index contributed by atoms with van der Waals surface area (Å²) in [6.07, 6.45) is 5.75. The molecule has 3 aromatic rings. The summed E-state index contributed by atoms with van der Waals surface area (Å²) in [5.41, 5.74) is 3.65. The first-order valence-corrected chi connectivity index (χ1v) is 10.7. The zero-order valence-corrected chi connectivity index (χ0v) is 17.9. The van der Waals surface area contributed by atoms with Crippen molar-refractivity contribution in [3.05, 3.63) is 58.9 Å². The average Bonchev–Trinajstić information content (AvgIpc) is 3.30. The number of pyridine rings is 2. The number of rotatable bonds is 4. The summed E-state index contributed by atoms with van der Waals surface area (Å²) >= 11 is 1.36. The minimum atomic E-state index is -0.706. The molecule has 0 aliphatic carbocycles. The van der Waals surface area contributed by atoms with Gasteiger partial charge >= 0.3 is 0 Å². The van der Waals surface area contributed by atoms with Gasteiger partial charge < -0.3 is 9.64 Å². The molecule has 0 spiro atoms. The first-order valence-electron chi connectivity index (χ1n) is 9.85. The van der Waals surface area contributed by atoms with Gasteiger partial charge in [0.2, 0.25) is 11.8 Å². The van der Waals surface area contributed by atoms with E-state index in [4.69, 9.17) is 4.74 Å². The fourth-order valence-electron chi connectivity index (χ4n) is 3.67. The molecule has 0 saturated carbocycles. The third-order valence-corrected chi connectivity index (χ3v) is 6.26. The molecule has 4 rings (SSSR count). The number of thiazole rings is 1. The zero-order valence-electron chi connectivity index (χ0n) is 17.1. The molecule has 3 aromatic heterocycles. The van der Waals surface area contributed by atoms with Crippen LogP contribution in [0.25, 0.3) is 10.4 Å². The Morgan fingerprint density at radius 1 is 1.35 bits per heavy atom. The van der Waals surface area contributed by atoms with E-state index in [0.29, 0.717) is 29.1 Å². The molecule has 2 atom stereocenters. The average molecular weight is 438 g/mol. The predicted octanol–water partition coefficient (Wildman–Crippen LogP) is 3.99. The van der Waals surface area contributed by atoms with Crippen molar-refractivity contribution in [3.8, 4) is 22.4 Å². The maximum Gasteiger partial charge on any atom is 0.255 e. The lowest BCUT2D eigenvalue weighted by Gasteiger charge is -2.38. The Balaban J connectivity index is 1.59. The van der Waals surface area contributed by atoms with Crippen LogP contribution in [-0.4, -0.2) is 44.4 Å². The number of nitrogens with zero attached hydrogens (tertiary/aromatic N) is 5. The van der Waals surface area contributed by atoms with Crippen molar-refractivity contribution >= 4 is 17.2 Å². The number of amides is 1. The van der Waals surface area contributed by atoms with Crippen molar-refractivity contribution in [2.24, 2.45) is 0 Å². The van der Waals surface area contributed by atoms with Gasteiger partial charge in [-0.1, -0.05) is 0 Å². The second-order valence-electron chi connectivity index (χ2n) is 7.44. The second-order valence-corrected chi connectivity index (χ2v) is 8.33. The van der Waals surface area contributed by atoms with Crippen LogP contribution in [0.3, 0.4) is 0 Å². The van der Waals surface area contributed by atoms with E-state index in [2.05, 4.69) is 21.0 Å². The monoisotopic (exact) mass is 437 g/mol. The van der Waals surface area contributed by atoms with Gasteiger partial charge in [-0.3, -0.25) is 9.78 Å². The molecule has 1 fully saturated rings. The third kappa shape index (κ3) is 4.25. The van der Waals surface area contributed by atoms with Gasteiger partial charge in [0.05, 0.1) is 34.1 Å². The number of aromatic nitrogens is 3. The highest BCUT2D eigenvalue weighted by Gasteiger charge is 2.32. The zero-order chi connectivity index (χ0) is 22.0. The van der Waals surface area contributed by atoms with Gasteiger partial charge in [0.25, 0.3) is 5.91 Å². The molecule has 0 radical (unpaired) electrons. The van der Waals surface area contributed by atoms with E-state index in [1.807, 2.05) is 6.92 Å². The van der Waals surface area contributed by atoms with Gasteiger partial charge in [0, 0.05) is 41.8 Å². The summed E-state index contributed by atoms with van der Waals surface area (Å²) in [5, 5.41) is 9.23. The van der Waals surface area contributed by atoms with E-state index >= 15 is 0 Å². The Morgan fingerprint density at radius 2 is 2.19 bits per heavy atom. The summed E-state index contributed by atoms with van der Waals surface area (Å²) in [6.45, 7) is 4.10. The molecule has 4 heterocycles. The molecule has 0 bridgehead atoms. The predicted molar refractivity (Wildman–Crippen MR) is 113 cm³/mol. The van der Waals surface area contributed by atoms with Crippen molar-refractivity contribution in [2.45, 2.75) is 38.8 Å². The topological polar surface area (TPSA) is 92.0 Å². The van der Waals surface area contributed by atoms with Crippen molar-refractivity contribution in [3.63, 3.8) is 0 Å². The van der Waals surface area contributed by atoms with Gasteiger partial charge in [-0.05, 0) is 32.8 Å². The smallest absolute Gasteiger partial charge is 0.255 e. The Morgan fingerprint density at radius 3 is 2.94 bits per heavy atom. The second kappa shape index (κ2) is 8.78. The fourth-order valence-corrected chi connectivity index (χ4v) is 4.32. The molecule has 31 heavy (non-hydrogen) atoms. The third-order valence-electron chi connectivity index (χ3n) is 5.45. The number of piperidine rings is 1. The number of hydrogen-bond donors (Lipinski definition) is 0. The van der Waals surface area contributed by atoms with Crippen LogP contribution in [-0.2, 0) is 0 Å². The van der Waals surface area contributed by atoms with Gasteiger partial charge in [-0.25, -0.2) is 9.97 Å². The molecular formula is C22H20FN5O2S. The molecule has 9 heteroatoms. The van der Waals surface area contributed by atoms with E-state index in [-0.39, 0.29) is 23.6 Å². The van der Waals surface area contributed by atoms with Crippen LogP contribution >= 0.6 is 11.3 Å². The van der Waals surface area contributed by atoms with E-state index in [1.54, 1.807) is 29.6 Å². The van der Waals surface area contributed by atoms with E-state index < -0.39 is 5.95 Å². The van der Waals surface area contributed by atoms with Crippen LogP contribution in [0.4, 0.5) is 4.39 Å². The maximum atomic E-state index is 13.9. The quantitative estimate of drug-likeness (QED) is 0.573. The van der Waals surface area contributed by atoms with Crippen LogP contribution < -0.4 is 4.74 Å². The number of halogens is 1. The number of ether oxygens (including phenoxy) is 1. The number of carbonyl (C=O) groups is 1. The summed E-state index contributed by atoms with van der Waals surface area (Å²) in [4.78, 5) is 27.9. The van der Waals surface area contributed by atoms with E-state index in [0.717, 1.165) is 17.7 Å². The Labute approximate surface area is 183 Å². The number of likely N-dealkylation sites (tertiary alicyclic amines) is 1. The molecule has 7 nitrogen and oxygen atoms in total. The van der Waals surface area contributed by atoms with Gasteiger partial charge in [0.1, 0.15) is 6.10 Å². The molecule has 1 amide bonds. The number of hydrogen-bond acceptors (Lipinski definition) is 7. The van der Waals surface area contributed by atoms with E-state index in [9.17, 15) is 14.4 Å². The molecule has 1 aliphatic rings. The molecule has 1 saturated heterocycles. The summed E-state index contributed by atoms with van der Waals surface area (Å²) in [7, 11) is 0. The SMILES string of the molecule is Cc1c(C#N)ccnc1O[C@@H]1CC[C@@H](C)N(C(=O)c2cc(F)ncc2-c2cncs2)C1. The molecule has 0 unspecified atom stereocenters. The molecule has 1 aliphatic heterocycles. The van der Waals surface area contributed by atoms with Crippen molar-refractivity contribution in [1.29, 1.82) is 5.26 Å². The number of nitriles is 1. The highest BCUT2D eigenvalue weighted by atomic mass is 32.1. The summed E-state index contributed by atoms with van der Waals surface area (Å²) in [5.74, 6) is -0.588. The Hall–Kier alpha value is -3.38. The van der Waals surface area contributed by atoms with Gasteiger partial charge in [0.15, 0.2) is 0 Å². The summed E-state index contributed by atoms with van der Waals surface area (Å²) < 4.78 is 20.0. The van der Waals surface area contributed by atoms with Crippen molar-refractivity contribution in [1.82, 2.24) is 19.9 Å². The minimum Gasteiger partial charge on any atom is -0.472 e. The summed E-state index contributed by atoms with van der Waals surface area (Å²) in [6, 6.07) is 4.91. The first kappa shape index (κ1) is 20.9. The van der Waals surface area contributed by atoms with Crippen molar-refractivity contribution in [2.75, 3.05) is 6.54 Å². The number of carbonyl (C=O) groups excluding carboxylic acids is 1. The lowest BCUT2D eigenvalue weighted by Crippen LogP contribution is -2.49. The van der Waals surface area contributed by atoms with Gasteiger partial charge in [-0.2, -0.15) is 9.65 Å². The minimum absolute atomic E-state index is 0.0302. The normalized spacial score (nSPS) is 18.5.